The van der Waals surface area contributed by atoms with E-state index in [0.29, 0.717) is 0 Å². The molecular formula is C8H6F2O2S. The van der Waals surface area contributed by atoms with Gasteiger partial charge in [-0.05, 0) is 18.4 Å². The Morgan fingerprint density at radius 1 is 1.46 bits per heavy atom. The zero-order valence-electron chi connectivity index (χ0n) is 6.67. The third kappa shape index (κ3) is 1.80. The number of carboxylic acids is 1. The molecule has 0 unspecified atom stereocenters. The van der Waals surface area contributed by atoms with Gasteiger partial charge in [0.05, 0.1) is 10.5 Å². The molecule has 13 heavy (non-hydrogen) atoms. The fourth-order valence-corrected chi connectivity index (χ4v) is 1.44. The van der Waals surface area contributed by atoms with Crippen LogP contribution in [-0.4, -0.2) is 17.3 Å². The first-order valence-corrected chi connectivity index (χ1v) is 4.55. The van der Waals surface area contributed by atoms with Gasteiger partial charge in [-0.2, -0.15) is 0 Å². The summed E-state index contributed by atoms with van der Waals surface area (Å²) in [7, 11) is 0. The lowest BCUT2D eigenvalue weighted by Crippen LogP contribution is -2.02. The van der Waals surface area contributed by atoms with Crippen LogP contribution in [0, 0.1) is 11.6 Å². The van der Waals surface area contributed by atoms with Gasteiger partial charge in [0.15, 0.2) is 5.82 Å². The highest BCUT2D eigenvalue weighted by atomic mass is 32.2. The highest BCUT2D eigenvalue weighted by molar-refractivity contribution is 7.98. The summed E-state index contributed by atoms with van der Waals surface area (Å²) >= 11 is 0.840. The first-order valence-electron chi connectivity index (χ1n) is 3.33. The van der Waals surface area contributed by atoms with Crippen LogP contribution in [0.15, 0.2) is 17.0 Å². The fourth-order valence-electron chi connectivity index (χ4n) is 0.885. The Bertz CT molecular complexity index is 352. The quantitative estimate of drug-likeness (QED) is 0.751. The minimum absolute atomic E-state index is 0.264. The summed E-state index contributed by atoms with van der Waals surface area (Å²) in [4.78, 5) is 10.2. The van der Waals surface area contributed by atoms with Crippen molar-refractivity contribution < 1.29 is 18.7 Å². The Balaban J connectivity index is 3.35. The summed E-state index contributed by atoms with van der Waals surface area (Å²) in [6, 6.07) is 1.85. The average Bonchev–Trinajstić information content (AvgIpc) is 2.04. The Morgan fingerprint density at radius 2 is 2.08 bits per heavy atom. The Labute approximate surface area is 77.6 Å². The van der Waals surface area contributed by atoms with Crippen LogP contribution in [0.4, 0.5) is 8.78 Å². The molecule has 70 valence electrons. The second kappa shape index (κ2) is 3.74. The van der Waals surface area contributed by atoms with E-state index < -0.39 is 23.2 Å². The lowest BCUT2D eigenvalue weighted by Gasteiger charge is -2.03. The Kier molecular flexibility index (Phi) is 2.87. The normalized spacial score (nSPS) is 10.1. The molecule has 0 radical (unpaired) electrons. The van der Waals surface area contributed by atoms with Crippen LogP contribution >= 0.6 is 11.8 Å². The number of halogens is 2. The van der Waals surface area contributed by atoms with Gasteiger partial charge in [0.25, 0.3) is 0 Å². The highest BCUT2D eigenvalue weighted by Gasteiger charge is 2.16. The average molecular weight is 204 g/mol. The number of hydrogen-bond acceptors (Lipinski definition) is 2. The molecule has 0 bridgehead atoms. The maximum atomic E-state index is 13.1. The third-order valence-electron chi connectivity index (χ3n) is 1.48. The number of benzene rings is 1. The lowest BCUT2D eigenvalue weighted by molar-refractivity contribution is 0.0691. The molecule has 2 nitrogen and oxygen atoms in total. The van der Waals surface area contributed by atoms with E-state index in [9.17, 15) is 13.6 Å². The fraction of sp³-hybridized carbons (Fsp3) is 0.125. The maximum Gasteiger partial charge on any atom is 0.338 e. The van der Waals surface area contributed by atoms with Gasteiger partial charge < -0.3 is 5.11 Å². The number of carboxylic acid groups (broad SMARTS) is 1. The van der Waals surface area contributed by atoms with Crippen LogP contribution in [-0.2, 0) is 0 Å². The summed E-state index contributed by atoms with van der Waals surface area (Å²) in [6.45, 7) is 0. The van der Waals surface area contributed by atoms with E-state index in [4.69, 9.17) is 5.11 Å². The molecule has 0 atom stereocenters. The summed E-state index contributed by atoms with van der Waals surface area (Å²) in [5, 5.41) is 8.50. The van der Waals surface area contributed by atoms with Crippen molar-refractivity contribution in [3.8, 4) is 0 Å². The van der Waals surface area contributed by atoms with E-state index in [-0.39, 0.29) is 4.90 Å². The smallest absolute Gasteiger partial charge is 0.338 e. The topological polar surface area (TPSA) is 37.3 Å². The van der Waals surface area contributed by atoms with Crippen LogP contribution < -0.4 is 0 Å². The van der Waals surface area contributed by atoms with Crippen LogP contribution in [0.3, 0.4) is 0 Å². The van der Waals surface area contributed by atoms with Gasteiger partial charge in [-0.25, -0.2) is 13.6 Å². The summed E-state index contributed by atoms with van der Waals surface area (Å²) in [5.41, 5.74) is -0.509. The minimum atomic E-state index is -1.40. The van der Waals surface area contributed by atoms with Crippen molar-refractivity contribution in [2.45, 2.75) is 4.90 Å². The number of rotatable bonds is 2. The molecule has 0 aliphatic carbocycles. The zero-order chi connectivity index (χ0) is 10.0. The Morgan fingerprint density at radius 3 is 2.54 bits per heavy atom. The summed E-state index contributed by atoms with van der Waals surface area (Å²) < 4.78 is 26.0. The second-order valence-electron chi connectivity index (χ2n) is 2.25. The number of thioether (sulfide) groups is 1. The van der Waals surface area contributed by atoms with Gasteiger partial charge in [0, 0.05) is 0 Å². The van der Waals surface area contributed by atoms with Crippen LogP contribution in [0.25, 0.3) is 0 Å². The van der Waals surface area contributed by atoms with Crippen molar-refractivity contribution in [2.75, 3.05) is 6.26 Å². The van der Waals surface area contributed by atoms with E-state index in [0.717, 1.165) is 23.9 Å². The van der Waals surface area contributed by atoms with E-state index in [1.165, 1.54) is 6.26 Å². The maximum absolute atomic E-state index is 13.1. The molecule has 1 aromatic carbocycles. The number of hydrogen-bond donors (Lipinski definition) is 1. The van der Waals surface area contributed by atoms with Crippen molar-refractivity contribution in [1.82, 2.24) is 0 Å². The summed E-state index contributed by atoms with van der Waals surface area (Å²) in [6.07, 6.45) is 1.48. The molecule has 0 saturated carbocycles. The third-order valence-corrected chi connectivity index (χ3v) is 2.27. The van der Waals surface area contributed by atoms with Crippen molar-refractivity contribution in [3.05, 3.63) is 29.3 Å². The molecule has 0 spiro atoms. The Hall–Kier alpha value is -1.10. The highest BCUT2D eigenvalue weighted by Crippen LogP contribution is 2.25. The SMILES string of the molecule is CSc1c(F)ccc(C(=O)O)c1F. The van der Waals surface area contributed by atoms with Gasteiger partial charge in [0.2, 0.25) is 0 Å². The number of carbonyl (C=O) groups is 1. The van der Waals surface area contributed by atoms with Crippen molar-refractivity contribution in [2.24, 2.45) is 0 Å². The lowest BCUT2D eigenvalue weighted by atomic mass is 10.2. The molecule has 5 heteroatoms. The largest absolute Gasteiger partial charge is 0.478 e. The summed E-state index contributed by atoms with van der Waals surface area (Å²) in [5.74, 6) is -3.15. The minimum Gasteiger partial charge on any atom is -0.478 e. The zero-order valence-corrected chi connectivity index (χ0v) is 7.49. The van der Waals surface area contributed by atoms with Crippen molar-refractivity contribution in [1.29, 1.82) is 0 Å². The number of aromatic carboxylic acids is 1. The van der Waals surface area contributed by atoms with Gasteiger partial charge in [-0.15, -0.1) is 11.8 Å². The van der Waals surface area contributed by atoms with Gasteiger partial charge in [-0.3, -0.25) is 0 Å². The van der Waals surface area contributed by atoms with Crippen LogP contribution in [0.2, 0.25) is 0 Å². The molecular weight excluding hydrogens is 198 g/mol. The molecule has 0 heterocycles. The van der Waals surface area contributed by atoms with Crippen molar-refractivity contribution in [3.63, 3.8) is 0 Å². The predicted octanol–water partition coefficient (Wildman–Crippen LogP) is 2.38. The first-order chi connectivity index (χ1) is 6.07. The molecule has 0 aromatic heterocycles. The van der Waals surface area contributed by atoms with Gasteiger partial charge in [0.1, 0.15) is 5.82 Å². The monoisotopic (exact) mass is 204 g/mol. The molecule has 0 aliphatic heterocycles. The van der Waals surface area contributed by atoms with Crippen LogP contribution in [0.1, 0.15) is 10.4 Å². The van der Waals surface area contributed by atoms with Crippen LogP contribution in [0.5, 0.6) is 0 Å². The second-order valence-corrected chi connectivity index (χ2v) is 3.06. The van der Waals surface area contributed by atoms with E-state index >= 15 is 0 Å². The van der Waals surface area contributed by atoms with Gasteiger partial charge >= 0.3 is 5.97 Å². The van der Waals surface area contributed by atoms with E-state index in [1.54, 1.807) is 0 Å². The predicted molar refractivity (Wildman–Crippen MR) is 45.1 cm³/mol. The molecule has 1 N–H and O–H groups in total. The van der Waals surface area contributed by atoms with E-state index in [1.807, 2.05) is 0 Å². The van der Waals surface area contributed by atoms with Crippen molar-refractivity contribution >= 4 is 17.7 Å². The molecule has 1 aromatic rings. The molecule has 0 aliphatic rings. The van der Waals surface area contributed by atoms with E-state index in [2.05, 4.69) is 0 Å². The van der Waals surface area contributed by atoms with Gasteiger partial charge in [-0.1, -0.05) is 0 Å². The standard InChI is InChI=1S/C8H6F2O2S/c1-13-7-5(9)3-2-4(6(7)10)8(11)12/h2-3H,1H3,(H,11,12). The molecule has 0 amide bonds. The first kappa shape index (κ1) is 9.98. The molecule has 0 fully saturated rings. The molecule has 1 rings (SSSR count). The molecule has 0 saturated heterocycles.